The quantitative estimate of drug-likeness (QED) is 0.543. The Labute approximate surface area is 61.2 Å². The molecule has 58 valence electrons. The fourth-order valence-corrected chi connectivity index (χ4v) is 1.20. The lowest BCUT2D eigenvalue weighted by atomic mass is 9.81. The minimum atomic E-state index is -1.14. The van der Waals surface area contributed by atoms with E-state index in [4.69, 9.17) is 14.8 Å². The average molecular weight is 144 g/mol. The second-order valence-electron chi connectivity index (χ2n) is 2.79. The van der Waals surface area contributed by atoms with Crippen molar-refractivity contribution in [2.45, 2.75) is 19.2 Å². The lowest BCUT2D eigenvalue weighted by molar-refractivity contribution is 0.185. The Morgan fingerprint density at radius 1 is 1.50 bits per heavy atom. The molecule has 1 saturated heterocycles. The molecule has 0 bridgehead atoms. The first-order valence-corrected chi connectivity index (χ1v) is 3.73. The first kappa shape index (κ1) is 8.05. The van der Waals surface area contributed by atoms with Crippen molar-refractivity contribution in [1.82, 2.24) is 0 Å². The van der Waals surface area contributed by atoms with E-state index in [9.17, 15) is 0 Å². The Kier molecular flexibility index (Phi) is 3.18. The molecule has 2 N–H and O–H groups in total. The van der Waals surface area contributed by atoms with Crippen molar-refractivity contribution in [3.63, 3.8) is 0 Å². The Morgan fingerprint density at radius 2 is 2.30 bits per heavy atom. The second kappa shape index (κ2) is 3.96. The molecule has 1 atom stereocenters. The van der Waals surface area contributed by atoms with E-state index in [1.54, 1.807) is 0 Å². The highest BCUT2D eigenvalue weighted by Gasteiger charge is 2.17. The summed E-state index contributed by atoms with van der Waals surface area (Å²) in [4.78, 5) is 0. The average Bonchev–Trinajstić information content (AvgIpc) is 2.34. The van der Waals surface area contributed by atoms with Crippen molar-refractivity contribution < 1.29 is 14.8 Å². The van der Waals surface area contributed by atoms with Gasteiger partial charge in [-0.3, -0.25) is 0 Å². The zero-order valence-electron chi connectivity index (χ0n) is 5.99. The van der Waals surface area contributed by atoms with Crippen LogP contribution in [-0.2, 0) is 4.74 Å². The van der Waals surface area contributed by atoms with Gasteiger partial charge in [0.05, 0.1) is 0 Å². The molecule has 0 saturated carbocycles. The van der Waals surface area contributed by atoms with E-state index in [2.05, 4.69) is 0 Å². The zero-order valence-corrected chi connectivity index (χ0v) is 5.99. The van der Waals surface area contributed by atoms with Gasteiger partial charge in [0.2, 0.25) is 0 Å². The highest BCUT2D eigenvalue weighted by atomic mass is 16.5. The van der Waals surface area contributed by atoms with E-state index < -0.39 is 7.12 Å². The third kappa shape index (κ3) is 2.69. The van der Waals surface area contributed by atoms with E-state index in [1.165, 1.54) is 0 Å². The van der Waals surface area contributed by atoms with Crippen LogP contribution in [0.3, 0.4) is 0 Å². The third-order valence-corrected chi connectivity index (χ3v) is 1.86. The summed E-state index contributed by atoms with van der Waals surface area (Å²) in [5.41, 5.74) is 0. The SMILES string of the molecule is OB(O)CCC1CCOC1. The normalized spacial score (nSPS) is 25.2. The minimum absolute atomic E-state index is 0.480. The predicted molar refractivity (Wildman–Crippen MR) is 38.5 cm³/mol. The molecule has 1 heterocycles. The zero-order chi connectivity index (χ0) is 7.40. The largest absolute Gasteiger partial charge is 0.451 e. The van der Waals surface area contributed by atoms with Gasteiger partial charge in [0.15, 0.2) is 0 Å². The Hall–Kier alpha value is -0.0551. The lowest BCUT2D eigenvalue weighted by Gasteiger charge is -2.04. The minimum Gasteiger partial charge on any atom is -0.427 e. The van der Waals surface area contributed by atoms with Gasteiger partial charge in [-0.25, -0.2) is 0 Å². The van der Waals surface area contributed by atoms with Gasteiger partial charge in [-0.15, -0.1) is 0 Å². The van der Waals surface area contributed by atoms with Gasteiger partial charge < -0.3 is 14.8 Å². The summed E-state index contributed by atoms with van der Waals surface area (Å²) < 4.78 is 5.13. The molecule has 1 rings (SSSR count). The molecule has 1 aliphatic heterocycles. The molecule has 0 radical (unpaired) electrons. The number of rotatable bonds is 3. The van der Waals surface area contributed by atoms with Crippen LogP contribution in [0.25, 0.3) is 0 Å². The van der Waals surface area contributed by atoms with Gasteiger partial charge in [-0.1, -0.05) is 0 Å². The molecule has 0 amide bonds. The fourth-order valence-electron chi connectivity index (χ4n) is 1.20. The summed E-state index contributed by atoms with van der Waals surface area (Å²) in [5.74, 6) is 0.557. The molecule has 0 aromatic rings. The summed E-state index contributed by atoms with van der Waals surface area (Å²) in [6.45, 7) is 1.64. The summed E-state index contributed by atoms with van der Waals surface area (Å²) >= 11 is 0. The molecule has 3 nitrogen and oxygen atoms in total. The Morgan fingerprint density at radius 3 is 2.80 bits per heavy atom. The van der Waals surface area contributed by atoms with E-state index in [0.717, 1.165) is 26.1 Å². The molecule has 10 heavy (non-hydrogen) atoms. The van der Waals surface area contributed by atoms with Crippen molar-refractivity contribution in [3.8, 4) is 0 Å². The molecular formula is C6H13BO3. The predicted octanol–water partition coefficient (Wildman–Crippen LogP) is -0.114. The van der Waals surface area contributed by atoms with Crippen molar-refractivity contribution >= 4 is 7.12 Å². The maximum absolute atomic E-state index is 8.53. The van der Waals surface area contributed by atoms with Gasteiger partial charge >= 0.3 is 7.12 Å². The summed E-state index contributed by atoms with van der Waals surface area (Å²) in [7, 11) is -1.14. The van der Waals surface area contributed by atoms with Gasteiger partial charge in [0.25, 0.3) is 0 Å². The number of ether oxygens (including phenoxy) is 1. The Balaban J connectivity index is 2.01. The van der Waals surface area contributed by atoms with E-state index in [0.29, 0.717) is 12.2 Å². The van der Waals surface area contributed by atoms with Crippen LogP contribution in [0.15, 0.2) is 0 Å². The van der Waals surface area contributed by atoms with Crippen LogP contribution in [0.2, 0.25) is 6.32 Å². The molecular weight excluding hydrogens is 131 g/mol. The topological polar surface area (TPSA) is 49.7 Å². The van der Waals surface area contributed by atoms with Crippen LogP contribution < -0.4 is 0 Å². The molecule has 1 aliphatic rings. The number of hydrogen-bond donors (Lipinski definition) is 2. The molecule has 0 aromatic carbocycles. The molecule has 1 unspecified atom stereocenters. The van der Waals surface area contributed by atoms with Gasteiger partial charge in [0, 0.05) is 13.2 Å². The monoisotopic (exact) mass is 144 g/mol. The van der Waals surface area contributed by atoms with Gasteiger partial charge in [-0.05, 0) is 25.1 Å². The van der Waals surface area contributed by atoms with Gasteiger partial charge in [-0.2, -0.15) is 0 Å². The highest BCUT2D eigenvalue weighted by molar-refractivity contribution is 6.40. The molecule has 1 fully saturated rings. The first-order chi connectivity index (χ1) is 4.79. The number of hydrogen-bond acceptors (Lipinski definition) is 3. The smallest absolute Gasteiger partial charge is 0.427 e. The van der Waals surface area contributed by atoms with E-state index in [1.807, 2.05) is 0 Å². The van der Waals surface area contributed by atoms with Crippen molar-refractivity contribution in [2.75, 3.05) is 13.2 Å². The standard InChI is InChI=1S/C6H13BO3/c8-7(9)3-1-6-2-4-10-5-6/h6,8-9H,1-5H2. The molecule has 0 aliphatic carbocycles. The van der Waals surface area contributed by atoms with Crippen molar-refractivity contribution in [1.29, 1.82) is 0 Å². The maximum Gasteiger partial charge on any atom is 0.451 e. The molecule has 0 spiro atoms. The van der Waals surface area contributed by atoms with Crippen LogP contribution in [0.4, 0.5) is 0 Å². The van der Waals surface area contributed by atoms with Crippen LogP contribution in [-0.4, -0.2) is 30.4 Å². The van der Waals surface area contributed by atoms with E-state index in [-0.39, 0.29) is 0 Å². The van der Waals surface area contributed by atoms with Gasteiger partial charge in [0.1, 0.15) is 0 Å². The van der Waals surface area contributed by atoms with Crippen LogP contribution in [0, 0.1) is 5.92 Å². The summed E-state index contributed by atoms with van der Waals surface area (Å²) in [5, 5.41) is 17.1. The summed E-state index contributed by atoms with van der Waals surface area (Å²) in [6.07, 6.45) is 2.43. The van der Waals surface area contributed by atoms with Crippen LogP contribution in [0.1, 0.15) is 12.8 Å². The molecule has 4 heteroatoms. The van der Waals surface area contributed by atoms with E-state index >= 15 is 0 Å². The van der Waals surface area contributed by atoms with Crippen LogP contribution >= 0.6 is 0 Å². The first-order valence-electron chi connectivity index (χ1n) is 3.73. The highest BCUT2D eigenvalue weighted by Crippen LogP contribution is 2.18. The third-order valence-electron chi connectivity index (χ3n) is 1.86. The molecule has 0 aromatic heterocycles. The van der Waals surface area contributed by atoms with Crippen LogP contribution in [0.5, 0.6) is 0 Å². The fraction of sp³-hybridized carbons (Fsp3) is 1.00. The maximum atomic E-state index is 8.53. The second-order valence-corrected chi connectivity index (χ2v) is 2.79. The lowest BCUT2D eigenvalue weighted by Crippen LogP contribution is -2.12. The Bertz CT molecular complexity index is 91.0. The van der Waals surface area contributed by atoms with Crippen molar-refractivity contribution in [2.24, 2.45) is 5.92 Å². The van der Waals surface area contributed by atoms with Crippen molar-refractivity contribution in [3.05, 3.63) is 0 Å². The summed E-state index contributed by atoms with van der Waals surface area (Å²) in [6, 6.07) is 0.